The third-order valence-corrected chi connectivity index (χ3v) is 4.90. The van der Waals surface area contributed by atoms with Gasteiger partial charge in [-0.3, -0.25) is 4.79 Å². The summed E-state index contributed by atoms with van der Waals surface area (Å²) in [5.41, 5.74) is 6.40. The van der Waals surface area contributed by atoms with E-state index in [2.05, 4.69) is 15.6 Å². The summed E-state index contributed by atoms with van der Waals surface area (Å²) in [7, 11) is 0. The molecule has 0 radical (unpaired) electrons. The van der Waals surface area contributed by atoms with Gasteiger partial charge in [-0.05, 0) is 25.3 Å². The van der Waals surface area contributed by atoms with Gasteiger partial charge in [0.2, 0.25) is 5.91 Å². The van der Waals surface area contributed by atoms with Crippen LogP contribution in [0.3, 0.4) is 0 Å². The first-order valence-electron chi connectivity index (χ1n) is 7.61. The highest BCUT2D eigenvalue weighted by atomic mass is 32.1. The minimum absolute atomic E-state index is 0.131. The van der Waals surface area contributed by atoms with Crippen molar-refractivity contribution in [1.82, 2.24) is 10.3 Å². The molecule has 0 unspecified atom stereocenters. The fourth-order valence-corrected chi connectivity index (χ4v) is 3.83. The topological polar surface area (TPSA) is 97.1 Å². The summed E-state index contributed by atoms with van der Waals surface area (Å²) >= 11 is 1.46. The van der Waals surface area contributed by atoms with Gasteiger partial charge in [0.1, 0.15) is 5.82 Å². The van der Waals surface area contributed by atoms with Crippen LogP contribution in [0.25, 0.3) is 0 Å². The van der Waals surface area contributed by atoms with Crippen LogP contribution in [0.2, 0.25) is 0 Å². The molecule has 24 heavy (non-hydrogen) atoms. The van der Waals surface area contributed by atoms with E-state index in [1.165, 1.54) is 34.4 Å². The molecule has 2 aromatic rings. The third kappa shape index (κ3) is 3.70. The largest absolute Gasteiger partial charge is 0.352 e. The summed E-state index contributed by atoms with van der Waals surface area (Å²) in [4.78, 5) is 29.0. The van der Waals surface area contributed by atoms with Crippen LogP contribution in [0.4, 0.5) is 14.3 Å². The molecule has 0 aliphatic heterocycles. The second-order valence-corrected chi connectivity index (χ2v) is 6.66. The molecular formula is C16H17FN4O2S. The maximum Gasteiger partial charge on any atom is 0.312 e. The van der Waals surface area contributed by atoms with Crippen LogP contribution in [0.1, 0.15) is 35.0 Å². The molecule has 1 aromatic carbocycles. The van der Waals surface area contributed by atoms with E-state index in [0.717, 1.165) is 25.0 Å². The Hall–Kier alpha value is -2.48. The number of nitrogens with two attached hydrogens (primary N) is 1. The van der Waals surface area contributed by atoms with Gasteiger partial charge in [0.25, 0.3) is 0 Å². The lowest BCUT2D eigenvalue weighted by molar-refractivity contribution is -0.116. The number of hydrogen-bond acceptors (Lipinski definition) is 4. The predicted molar refractivity (Wildman–Crippen MR) is 89.2 cm³/mol. The van der Waals surface area contributed by atoms with Gasteiger partial charge in [-0.2, -0.15) is 0 Å². The molecule has 8 heteroatoms. The number of hydrogen-bond donors (Lipinski definition) is 3. The zero-order valence-electron chi connectivity index (χ0n) is 12.8. The van der Waals surface area contributed by atoms with Gasteiger partial charge >= 0.3 is 6.03 Å². The predicted octanol–water partition coefficient (Wildman–Crippen LogP) is 2.51. The van der Waals surface area contributed by atoms with Gasteiger partial charge in [0.05, 0.1) is 18.2 Å². The highest BCUT2D eigenvalue weighted by Gasteiger charge is 2.22. The number of carbonyl (C=O) groups is 2. The van der Waals surface area contributed by atoms with E-state index < -0.39 is 17.9 Å². The third-order valence-electron chi connectivity index (χ3n) is 3.83. The molecule has 0 bridgehead atoms. The van der Waals surface area contributed by atoms with Crippen molar-refractivity contribution >= 4 is 28.4 Å². The van der Waals surface area contributed by atoms with Crippen LogP contribution in [0.15, 0.2) is 24.3 Å². The van der Waals surface area contributed by atoms with E-state index in [9.17, 15) is 14.0 Å². The molecule has 1 heterocycles. The molecule has 4 N–H and O–H groups in total. The van der Waals surface area contributed by atoms with Crippen LogP contribution in [0.5, 0.6) is 0 Å². The number of fused-ring (bicyclic) bond motifs is 1. The molecule has 126 valence electrons. The number of aromatic nitrogens is 1. The molecule has 6 nitrogen and oxygen atoms in total. The minimum Gasteiger partial charge on any atom is -0.352 e. The van der Waals surface area contributed by atoms with E-state index in [4.69, 9.17) is 5.73 Å². The summed E-state index contributed by atoms with van der Waals surface area (Å²) in [6.45, 7) is 0. The monoisotopic (exact) mass is 348 g/mol. The van der Waals surface area contributed by atoms with Gasteiger partial charge in [-0.25, -0.2) is 14.2 Å². The minimum atomic E-state index is -0.837. The van der Waals surface area contributed by atoms with Crippen LogP contribution in [-0.4, -0.2) is 16.9 Å². The van der Waals surface area contributed by atoms with Crippen LogP contribution < -0.4 is 16.4 Å². The number of nitrogens with one attached hydrogen (secondary N) is 2. The molecule has 3 amide bonds. The van der Waals surface area contributed by atoms with E-state index in [1.54, 1.807) is 6.07 Å². The Morgan fingerprint density at radius 2 is 2.12 bits per heavy atom. The van der Waals surface area contributed by atoms with Crippen molar-refractivity contribution in [2.45, 2.75) is 31.7 Å². The Kier molecular flexibility index (Phi) is 4.75. The number of benzene rings is 1. The lowest BCUT2D eigenvalue weighted by atomic mass is 10.0. The second kappa shape index (κ2) is 6.96. The smallest absolute Gasteiger partial charge is 0.312 e. The van der Waals surface area contributed by atoms with Gasteiger partial charge in [-0.15, -0.1) is 11.3 Å². The number of halogens is 1. The molecule has 1 aliphatic carbocycles. The maximum atomic E-state index is 13.9. The lowest BCUT2D eigenvalue weighted by Crippen LogP contribution is -2.35. The van der Waals surface area contributed by atoms with Crippen molar-refractivity contribution in [2.24, 2.45) is 5.73 Å². The Morgan fingerprint density at radius 1 is 1.33 bits per heavy atom. The summed E-state index contributed by atoms with van der Waals surface area (Å²) in [5.74, 6) is -0.860. The molecular weight excluding hydrogens is 331 g/mol. The van der Waals surface area contributed by atoms with E-state index >= 15 is 0 Å². The molecule has 1 aliphatic rings. The fraction of sp³-hybridized carbons (Fsp3) is 0.312. The van der Waals surface area contributed by atoms with Crippen molar-refractivity contribution in [3.8, 4) is 0 Å². The SMILES string of the molecule is NC(=O)N[C@@H](CC(=O)Nc1nc2c(s1)CCC2)c1ccccc1F. The molecule has 0 saturated heterocycles. The zero-order chi connectivity index (χ0) is 17.1. The number of urea groups is 1. The van der Waals surface area contributed by atoms with Crippen LogP contribution >= 0.6 is 11.3 Å². The molecule has 1 atom stereocenters. The molecule has 1 aromatic heterocycles. The first kappa shape index (κ1) is 16.4. The number of thiazole rings is 1. The number of amides is 3. The van der Waals surface area contributed by atoms with Crippen LogP contribution in [0, 0.1) is 5.82 Å². The number of primary amides is 1. The van der Waals surface area contributed by atoms with Gasteiger partial charge in [0, 0.05) is 10.4 Å². The number of carbonyl (C=O) groups excluding carboxylic acids is 2. The van der Waals surface area contributed by atoms with Crippen molar-refractivity contribution in [3.05, 3.63) is 46.2 Å². The number of anilines is 1. The van der Waals surface area contributed by atoms with Crippen molar-refractivity contribution in [3.63, 3.8) is 0 Å². The summed E-state index contributed by atoms with van der Waals surface area (Å²) < 4.78 is 13.9. The Morgan fingerprint density at radius 3 is 2.83 bits per heavy atom. The van der Waals surface area contributed by atoms with Crippen LogP contribution in [-0.2, 0) is 17.6 Å². The Labute approximate surface area is 142 Å². The number of aryl methyl sites for hydroxylation is 2. The quantitative estimate of drug-likeness (QED) is 0.774. The van der Waals surface area contributed by atoms with Gasteiger partial charge in [0.15, 0.2) is 5.13 Å². The Balaban J connectivity index is 1.70. The fourth-order valence-electron chi connectivity index (χ4n) is 2.77. The van der Waals surface area contributed by atoms with E-state index in [0.29, 0.717) is 5.13 Å². The van der Waals surface area contributed by atoms with Gasteiger partial charge in [-0.1, -0.05) is 18.2 Å². The highest BCUT2D eigenvalue weighted by Crippen LogP contribution is 2.30. The molecule has 0 spiro atoms. The van der Waals surface area contributed by atoms with Gasteiger partial charge < -0.3 is 16.4 Å². The number of nitrogens with zero attached hydrogens (tertiary/aromatic N) is 1. The zero-order valence-corrected chi connectivity index (χ0v) is 13.7. The average molecular weight is 348 g/mol. The first-order chi connectivity index (χ1) is 11.5. The molecule has 0 saturated carbocycles. The summed E-state index contributed by atoms with van der Waals surface area (Å²) in [5, 5.41) is 5.67. The van der Waals surface area contributed by atoms with Crippen molar-refractivity contribution in [2.75, 3.05) is 5.32 Å². The standard InChI is InChI=1S/C16H17FN4O2S/c17-10-5-2-1-4-9(10)12(19-15(18)23)8-14(22)21-16-20-11-6-3-7-13(11)24-16/h1-2,4-5,12H,3,6-8H2,(H3,18,19,23)(H,20,21,22)/t12-/m0/s1. The normalized spacial score (nSPS) is 14.0. The second-order valence-electron chi connectivity index (χ2n) is 5.58. The number of rotatable bonds is 5. The van der Waals surface area contributed by atoms with Crippen molar-refractivity contribution in [1.29, 1.82) is 0 Å². The maximum absolute atomic E-state index is 13.9. The molecule has 3 rings (SSSR count). The van der Waals surface area contributed by atoms with Crippen molar-refractivity contribution < 1.29 is 14.0 Å². The average Bonchev–Trinajstić information content (AvgIpc) is 3.07. The first-order valence-corrected chi connectivity index (χ1v) is 8.43. The Bertz CT molecular complexity index is 756. The highest BCUT2D eigenvalue weighted by molar-refractivity contribution is 7.15. The summed E-state index contributed by atoms with van der Waals surface area (Å²) in [6.07, 6.45) is 2.89. The lowest BCUT2D eigenvalue weighted by Gasteiger charge is -2.18. The van der Waals surface area contributed by atoms with E-state index in [-0.39, 0.29) is 17.9 Å². The summed E-state index contributed by atoms with van der Waals surface area (Å²) in [6, 6.07) is 4.31. The van der Waals surface area contributed by atoms with E-state index in [1.807, 2.05) is 0 Å². The molecule has 0 fully saturated rings.